The topological polar surface area (TPSA) is 35.5 Å². The van der Waals surface area contributed by atoms with Crippen LogP contribution in [-0.4, -0.2) is 49.8 Å². The van der Waals surface area contributed by atoms with Crippen LogP contribution in [0.4, 0.5) is 0 Å². The highest BCUT2D eigenvalue weighted by Crippen LogP contribution is 1.77. The van der Waals surface area contributed by atoms with Crippen molar-refractivity contribution in [3.8, 4) is 0 Å². The molecular formula is C7H18N2O. The third-order valence-corrected chi connectivity index (χ3v) is 1.33. The molecule has 0 rings (SSSR count). The largest absolute Gasteiger partial charge is 0.395 e. The molecule has 0 aliphatic rings. The minimum absolute atomic E-state index is 0.216. The van der Waals surface area contributed by atoms with Gasteiger partial charge in [-0.15, -0.1) is 0 Å². The number of rotatable bonds is 5. The molecule has 3 heteroatoms. The van der Waals surface area contributed by atoms with Crippen molar-refractivity contribution in [3.05, 3.63) is 0 Å². The Morgan fingerprint density at radius 3 is 2.50 bits per heavy atom. The van der Waals surface area contributed by atoms with E-state index in [-0.39, 0.29) is 12.6 Å². The molecular weight excluding hydrogens is 128 g/mol. The van der Waals surface area contributed by atoms with Crippen molar-refractivity contribution in [2.75, 3.05) is 33.8 Å². The van der Waals surface area contributed by atoms with E-state index >= 15 is 0 Å². The van der Waals surface area contributed by atoms with Crippen molar-refractivity contribution in [1.29, 1.82) is 0 Å². The first kappa shape index (κ1) is 9.88. The maximum atomic E-state index is 8.62. The summed E-state index contributed by atoms with van der Waals surface area (Å²) in [6.45, 7) is 4.14. The zero-order valence-corrected chi connectivity index (χ0v) is 7.09. The SMILES string of the molecule is CC(CO)NCCN(C)C. The van der Waals surface area contributed by atoms with E-state index in [0.717, 1.165) is 13.1 Å². The minimum atomic E-state index is 0.216. The second kappa shape index (κ2) is 5.65. The molecule has 0 bridgehead atoms. The maximum Gasteiger partial charge on any atom is 0.0581 e. The molecule has 0 amide bonds. The molecule has 1 unspecified atom stereocenters. The van der Waals surface area contributed by atoms with Gasteiger partial charge in [0.15, 0.2) is 0 Å². The number of nitrogens with zero attached hydrogens (tertiary/aromatic N) is 1. The summed E-state index contributed by atoms with van der Waals surface area (Å²) in [4.78, 5) is 2.11. The van der Waals surface area contributed by atoms with Crippen LogP contribution in [0.25, 0.3) is 0 Å². The summed E-state index contributed by atoms with van der Waals surface area (Å²) < 4.78 is 0. The van der Waals surface area contributed by atoms with E-state index in [4.69, 9.17) is 5.11 Å². The van der Waals surface area contributed by atoms with Gasteiger partial charge in [-0.2, -0.15) is 0 Å². The molecule has 62 valence electrons. The molecule has 0 heterocycles. The first-order valence-corrected chi connectivity index (χ1v) is 3.65. The van der Waals surface area contributed by atoms with Crippen molar-refractivity contribution < 1.29 is 5.11 Å². The number of aliphatic hydroxyl groups is 1. The Kier molecular flexibility index (Phi) is 5.58. The smallest absolute Gasteiger partial charge is 0.0581 e. The fourth-order valence-corrected chi connectivity index (χ4v) is 0.599. The average Bonchev–Trinajstić information content (AvgIpc) is 1.87. The van der Waals surface area contributed by atoms with Gasteiger partial charge in [0.25, 0.3) is 0 Å². The first-order valence-electron chi connectivity index (χ1n) is 3.65. The molecule has 0 fully saturated rings. The standard InChI is InChI=1S/C7H18N2O/c1-7(6-10)8-4-5-9(2)3/h7-8,10H,4-6H2,1-3H3. The molecule has 0 aromatic heterocycles. The number of hydrogen-bond donors (Lipinski definition) is 2. The third kappa shape index (κ3) is 6.01. The number of likely N-dealkylation sites (N-methyl/N-ethyl adjacent to an activating group) is 1. The minimum Gasteiger partial charge on any atom is -0.395 e. The monoisotopic (exact) mass is 146 g/mol. The summed E-state index contributed by atoms with van der Waals surface area (Å²) in [5, 5.41) is 11.8. The van der Waals surface area contributed by atoms with Gasteiger partial charge >= 0.3 is 0 Å². The second-order valence-corrected chi connectivity index (χ2v) is 2.84. The molecule has 2 N–H and O–H groups in total. The van der Waals surface area contributed by atoms with Crippen molar-refractivity contribution in [2.45, 2.75) is 13.0 Å². The summed E-state index contributed by atoms with van der Waals surface area (Å²) in [6, 6.07) is 0.222. The molecule has 0 spiro atoms. The molecule has 1 atom stereocenters. The number of hydrogen-bond acceptors (Lipinski definition) is 3. The molecule has 10 heavy (non-hydrogen) atoms. The van der Waals surface area contributed by atoms with Crippen LogP contribution in [0.3, 0.4) is 0 Å². The fraction of sp³-hybridized carbons (Fsp3) is 1.00. The van der Waals surface area contributed by atoms with Gasteiger partial charge in [-0.25, -0.2) is 0 Å². The second-order valence-electron chi connectivity index (χ2n) is 2.84. The Morgan fingerprint density at radius 2 is 2.10 bits per heavy atom. The van der Waals surface area contributed by atoms with Crippen LogP contribution in [-0.2, 0) is 0 Å². The highest BCUT2D eigenvalue weighted by Gasteiger charge is 1.96. The predicted molar refractivity (Wildman–Crippen MR) is 43.1 cm³/mol. The molecule has 0 aromatic rings. The van der Waals surface area contributed by atoms with Crippen molar-refractivity contribution in [1.82, 2.24) is 10.2 Å². The molecule has 0 aliphatic heterocycles. The lowest BCUT2D eigenvalue weighted by Gasteiger charge is -2.13. The van der Waals surface area contributed by atoms with E-state index < -0.39 is 0 Å². The lowest BCUT2D eigenvalue weighted by atomic mass is 10.3. The van der Waals surface area contributed by atoms with Gasteiger partial charge in [0.2, 0.25) is 0 Å². The normalized spacial score (nSPS) is 14.1. The van der Waals surface area contributed by atoms with Crippen LogP contribution < -0.4 is 5.32 Å². The van der Waals surface area contributed by atoms with Gasteiger partial charge in [0.1, 0.15) is 0 Å². The molecule has 0 aliphatic carbocycles. The van der Waals surface area contributed by atoms with Gasteiger partial charge < -0.3 is 15.3 Å². The molecule has 0 saturated heterocycles. The highest BCUT2D eigenvalue weighted by atomic mass is 16.3. The van der Waals surface area contributed by atoms with E-state index in [9.17, 15) is 0 Å². The maximum absolute atomic E-state index is 8.62. The van der Waals surface area contributed by atoms with Gasteiger partial charge in [0.05, 0.1) is 6.61 Å². The van der Waals surface area contributed by atoms with Crippen LogP contribution in [0.2, 0.25) is 0 Å². The van der Waals surface area contributed by atoms with E-state index in [2.05, 4.69) is 10.2 Å². The Labute approximate surface area is 63.0 Å². The number of nitrogens with one attached hydrogen (secondary N) is 1. The van der Waals surface area contributed by atoms with Crippen LogP contribution in [0, 0.1) is 0 Å². The van der Waals surface area contributed by atoms with Gasteiger partial charge in [0, 0.05) is 19.1 Å². The lowest BCUT2D eigenvalue weighted by Crippen LogP contribution is -2.34. The van der Waals surface area contributed by atoms with E-state index in [1.54, 1.807) is 0 Å². The molecule has 0 aromatic carbocycles. The third-order valence-electron chi connectivity index (χ3n) is 1.33. The molecule has 0 saturated carbocycles. The van der Waals surface area contributed by atoms with Crippen LogP contribution in [0.1, 0.15) is 6.92 Å². The highest BCUT2D eigenvalue weighted by molar-refractivity contribution is 4.58. The van der Waals surface area contributed by atoms with Crippen molar-refractivity contribution in [3.63, 3.8) is 0 Å². The summed E-state index contributed by atoms with van der Waals surface area (Å²) in [5.41, 5.74) is 0. The molecule has 0 radical (unpaired) electrons. The van der Waals surface area contributed by atoms with Crippen LogP contribution >= 0.6 is 0 Å². The number of aliphatic hydroxyl groups excluding tert-OH is 1. The van der Waals surface area contributed by atoms with Gasteiger partial charge in [-0.3, -0.25) is 0 Å². The summed E-state index contributed by atoms with van der Waals surface area (Å²) >= 11 is 0. The summed E-state index contributed by atoms with van der Waals surface area (Å²) in [7, 11) is 4.07. The van der Waals surface area contributed by atoms with E-state index in [0.29, 0.717) is 0 Å². The zero-order chi connectivity index (χ0) is 7.98. The first-order chi connectivity index (χ1) is 4.66. The van der Waals surface area contributed by atoms with E-state index in [1.807, 2.05) is 21.0 Å². The molecule has 3 nitrogen and oxygen atoms in total. The van der Waals surface area contributed by atoms with Gasteiger partial charge in [-0.05, 0) is 21.0 Å². The van der Waals surface area contributed by atoms with E-state index in [1.165, 1.54) is 0 Å². The fourth-order valence-electron chi connectivity index (χ4n) is 0.599. The Balaban J connectivity index is 3.03. The van der Waals surface area contributed by atoms with Gasteiger partial charge in [-0.1, -0.05) is 0 Å². The van der Waals surface area contributed by atoms with Crippen LogP contribution in [0.5, 0.6) is 0 Å². The van der Waals surface area contributed by atoms with Crippen molar-refractivity contribution in [2.24, 2.45) is 0 Å². The Morgan fingerprint density at radius 1 is 1.50 bits per heavy atom. The summed E-state index contributed by atoms with van der Waals surface area (Å²) in [5.74, 6) is 0. The zero-order valence-electron chi connectivity index (χ0n) is 7.09. The predicted octanol–water partition coefficient (Wildman–Crippen LogP) is -0.482. The quantitative estimate of drug-likeness (QED) is 0.550. The Hall–Kier alpha value is -0.120. The lowest BCUT2D eigenvalue weighted by molar-refractivity contribution is 0.247. The van der Waals surface area contributed by atoms with Crippen LogP contribution in [0.15, 0.2) is 0 Å². The van der Waals surface area contributed by atoms with Crippen molar-refractivity contribution >= 4 is 0 Å². The summed E-state index contributed by atoms with van der Waals surface area (Å²) in [6.07, 6.45) is 0. The Bertz CT molecular complexity index is 76.0. The average molecular weight is 146 g/mol.